The third-order valence-electron chi connectivity index (χ3n) is 6.05. The molecule has 2 N–H and O–H groups in total. The van der Waals surface area contributed by atoms with Gasteiger partial charge in [0.2, 0.25) is 0 Å². The first-order valence-corrected chi connectivity index (χ1v) is 11.6. The number of benzene rings is 2. The standard InChI is InChI=1S/C26H34N6.HI/c1-27-26(29-14-18-31-15-5-2-6-16-31)30-19-24-7-3-4-8-25(24)23-11-9-22(10-12-23)20-32-17-13-28-21-32;/h3-4,7-13,17,21H,2,5-6,14-16,18-20H2,1H3,(H2,27,29,30);1H. The van der Waals surface area contributed by atoms with Crippen molar-refractivity contribution in [3.63, 3.8) is 0 Å². The minimum absolute atomic E-state index is 0. The number of hydrogen-bond acceptors (Lipinski definition) is 3. The Morgan fingerprint density at radius 3 is 2.52 bits per heavy atom. The molecule has 1 aliphatic rings. The molecule has 2 aromatic carbocycles. The SMILES string of the molecule is CN=C(NCCN1CCCCC1)NCc1ccccc1-c1ccc(Cn2ccnc2)cc1.I. The second-order valence-electron chi connectivity index (χ2n) is 8.34. The summed E-state index contributed by atoms with van der Waals surface area (Å²) in [5.74, 6) is 0.854. The van der Waals surface area contributed by atoms with E-state index in [4.69, 9.17) is 0 Å². The summed E-state index contributed by atoms with van der Waals surface area (Å²) in [5, 5.41) is 6.95. The van der Waals surface area contributed by atoms with Crippen LogP contribution < -0.4 is 10.6 Å². The van der Waals surface area contributed by atoms with Gasteiger partial charge in [0.05, 0.1) is 6.33 Å². The molecular weight excluding hydrogens is 523 g/mol. The number of hydrogen-bond donors (Lipinski definition) is 2. The van der Waals surface area contributed by atoms with Gasteiger partial charge in [-0.25, -0.2) is 4.98 Å². The third kappa shape index (κ3) is 7.57. The Kier molecular flexibility index (Phi) is 10.2. The number of piperidine rings is 1. The van der Waals surface area contributed by atoms with Gasteiger partial charge in [0.15, 0.2) is 5.96 Å². The number of imidazole rings is 1. The van der Waals surface area contributed by atoms with Gasteiger partial charge in [-0.3, -0.25) is 4.99 Å². The number of rotatable bonds is 8. The van der Waals surface area contributed by atoms with E-state index < -0.39 is 0 Å². The maximum Gasteiger partial charge on any atom is 0.191 e. The summed E-state index contributed by atoms with van der Waals surface area (Å²) in [4.78, 5) is 11.1. The van der Waals surface area contributed by atoms with E-state index in [1.807, 2.05) is 25.8 Å². The topological polar surface area (TPSA) is 57.5 Å². The molecule has 1 fully saturated rings. The zero-order valence-corrected chi connectivity index (χ0v) is 21.7. The number of aliphatic imine (C=N–C) groups is 1. The van der Waals surface area contributed by atoms with E-state index in [1.165, 1.54) is 54.6 Å². The number of halogens is 1. The Hall–Kier alpha value is -2.39. The molecule has 1 aliphatic heterocycles. The normalized spacial score (nSPS) is 14.5. The van der Waals surface area contributed by atoms with Crippen molar-refractivity contribution in [1.29, 1.82) is 0 Å². The lowest BCUT2D eigenvalue weighted by atomic mass is 9.98. The first-order valence-electron chi connectivity index (χ1n) is 11.6. The van der Waals surface area contributed by atoms with Crippen LogP contribution in [0, 0.1) is 0 Å². The van der Waals surface area contributed by atoms with Gasteiger partial charge in [0, 0.05) is 45.6 Å². The summed E-state index contributed by atoms with van der Waals surface area (Å²) in [6.45, 7) is 6.01. The molecule has 0 saturated carbocycles. The lowest BCUT2D eigenvalue weighted by molar-refractivity contribution is 0.232. The van der Waals surface area contributed by atoms with Crippen molar-refractivity contribution in [1.82, 2.24) is 25.1 Å². The number of nitrogens with zero attached hydrogens (tertiary/aromatic N) is 4. The van der Waals surface area contributed by atoms with Gasteiger partial charge in [-0.15, -0.1) is 24.0 Å². The average Bonchev–Trinajstić information content (AvgIpc) is 3.36. The van der Waals surface area contributed by atoms with Crippen LogP contribution in [0.5, 0.6) is 0 Å². The van der Waals surface area contributed by atoms with Gasteiger partial charge in [0.1, 0.15) is 0 Å². The summed E-state index contributed by atoms with van der Waals surface area (Å²) >= 11 is 0. The van der Waals surface area contributed by atoms with Crippen molar-refractivity contribution >= 4 is 29.9 Å². The van der Waals surface area contributed by atoms with E-state index in [0.717, 1.165) is 32.1 Å². The zero-order chi connectivity index (χ0) is 22.0. The highest BCUT2D eigenvalue weighted by Gasteiger charge is 2.10. The summed E-state index contributed by atoms with van der Waals surface area (Å²) in [7, 11) is 1.83. The summed E-state index contributed by atoms with van der Waals surface area (Å²) in [6, 6.07) is 17.4. The van der Waals surface area contributed by atoms with Gasteiger partial charge >= 0.3 is 0 Å². The van der Waals surface area contributed by atoms with Crippen molar-refractivity contribution in [2.45, 2.75) is 32.4 Å². The Morgan fingerprint density at radius 2 is 1.79 bits per heavy atom. The van der Waals surface area contributed by atoms with Crippen LogP contribution in [0.4, 0.5) is 0 Å². The van der Waals surface area contributed by atoms with E-state index in [0.29, 0.717) is 0 Å². The molecule has 0 amide bonds. The second kappa shape index (κ2) is 13.3. The molecule has 7 heteroatoms. The number of guanidine groups is 1. The van der Waals surface area contributed by atoms with Gasteiger partial charge < -0.3 is 20.1 Å². The first kappa shape index (κ1) is 25.2. The Morgan fingerprint density at radius 1 is 1.00 bits per heavy atom. The van der Waals surface area contributed by atoms with Crippen LogP contribution in [0.2, 0.25) is 0 Å². The largest absolute Gasteiger partial charge is 0.355 e. The molecular formula is C26H35IN6. The molecule has 4 rings (SSSR count). The fourth-order valence-electron chi connectivity index (χ4n) is 4.25. The van der Waals surface area contributed by atoms with Crippen LogP contribution in [-0.2, 0) is 13.1 Å². The lowest BCUT2D eigenvalue weighted by Crippen LogP contribution is -2.42. The van der Waals surface area contributed by atoms with Crippen molar-refractivity contribution in [2.75, 3.05) is 33.2 Å². The molecule has 0 atom stereocenters. The number of aromatic nitrogens is 2. The van der Waals surface area contributed by atoms with E-state index in [2.05, 4.69) is 78.6 Å². The molecule has 0 spiro atoms. The van der Waals surface area contributed by atoms with Crippen LogP contribution in [0.3, 0.4) is 0 Å². The van der Waals surface area contributed by atoms with Gasteiger partial charge in [-0.2, -0.15) is 0 Å². The fraction of sp³-hybridized carbons (Fsp3) is 0.385. The van der Waals surface area contributed by atoms with Gasteiger partial charge in [-0.1, -0.05) is 55.0 Å². The fourth-order valence-corrected chi connectivity index (χ4v) is 4.25. The van der Waals surface area contributed by atoms with Crippen molar-refractivity contribution in [3.05, 3.63) is 78.4 Å². The van der Waals surface area contributed by atoms with E-state index >= 15 is 0 Å². The van der Waals surface area contributed by atoms with Crippen LogP contribution in [0.1, 0.15) is 30.4 Å². The predicted molar refractivity (Wildman–Crippen MR) is 147 cm³/mol. The maximum absolute atomic E-state index is 4.40. The monoisotopic (exact) mass is 558 g/mol. The highest BCUT2D eigenvalue weighted by molar-refractivity contribution is 14.0. The van der Waals surface area contributed by atoms with E-state index in [9.17, 15) is 0 Å². The van der Waals surface area contributed by atoms with Gasteiger partial charge in [-0.05, 0) is 48.2 Å². The van der Waals surface area contributed by atoms with Crippen molar-refractivity contribution < 1.29 is 0 Å². The highest BCUT2D eigenvalue weighted by atomic mass is 127. The molecule has 3 aromatic rings. The summed E-state index contributed by atoms with van der Waals surface area (Å²) in [6.07, 6.45) is 9.68. The Labute approximate surface area is 214 Å². The van der Waals surface area contributed by atoms with Crippen LogP contribution >= 0.6 is 24.0 Å². The predicted octanol–water partition coefficient (Wildman–Crippen LogP) is 4.37. The average molecular weight is 559 g/mol. The molecule has 176 valence electrons. The van der Waals surface area contributed by atoms with Crippen molar-refractivity contribution in [2.24, 2.45) is 4.99 Å². The summed E-state index contributed by atoms with van der Waals surface area (Å²) < 4.78 is 2.08. The molecule has 0 radical (unpaired) electrons. The maximum atomic E-state index is 4.40. The van der Waals surface area contributed by atoms with E-state index in [1.54, 1.807) is 0 Å². The van der Waals surface area contributed by atoms with Crippen molar-refractivity contribution in [3.8, 4) is 11.1 Å². The van der Waals surface area contributed by atoms with Crippen LogP contribution in [0.25, 0.3) is 11.1 Å². The lowest BCUT2D eigenvalue weighted by Gasteiger charge is -2.26. The molecule has 1 saturated heterocycles. The zero-order valence-electron chi connectivity index (χ0n) is 19.4. The molecule has 2 heterocycles. The molecule has 6 nitrogen and oxygen atoms in total. The molecule has 1 aromatic heterocycles. The Bertz CT molecular complexity index is 978. The molecule has 0 bridgehead atoms. The highest BCUT2D eigenvalue weighted by Crippen LogP contribution is 2.24. The smallest absolute Gasteiger partial charge is 0.191 e. The minimum atomic E-state index is 0. The second-order valence-corrected chi connectivity index (χ2v) is 8.34. The molecule has 33 heavy (non-hydrogen) atoms. The summed E-state index contributed by atoms with van der Waals surface area (Å²) in [5.41, 5.74) is 5.00. The number of likely N-dealkylation sites (tertiary alicyclic amines) is 1. The van der Waals surface area contributed by atoms with E-state index in [-0.39, 0.29) is 24.0 Å². The third-order valence-corrected chi connectivity index (χ3v) is 6.05. The minimum Gasteiger partial charge on any atom is -0.355 e. The van der Waals surface area contributed by atoms with Crippen LogP contribution in [0.15, 0.2) is 72.2 Å². The molecule has 0 unspecified atom stereocenters. The van der Waals surface area contributed by atoms with Crippen LogP contribution in [-0.4, -0.2) is 53.6 Å². The Balaban J connectivity index is 0.00000306. The quantitative estimate of drug-likeness (QED) is 0.245. The van der Waals surface area contributed by atoms with Gasteiger partial charge in [0.25, 0.3) is 0 Å². The first-order chi connectivity index (χ1) is 15.8. The molecule has 0 aliphatic carbocycles. The number of nitrogens with one attached hydrogen (secondary N) is 2.